The summed E-state index contributed by atoms with van der Waals surface area (Å²) in [7, 11) is 0. The maximum Gasteiger partial charge on any atom is 0.231 e. The smallest absolute Gasteiger partial charge is 0.231 e. The van der Waals surface area contributed by atoms with E-state index in [1.54, 1.807) is 0 Å². The molecule has 4 rings (SSSR count). The largest absolute Gasteiger partial charge is 0.454 e. The minimum atomic E-state index is 0.309. The molecule has 2 aliphatic rings. The van der Waals surface area contributed by atoms with Crippen molar-refractivity contribution in [3.63, 3.8) is 0 Å². The van der Waals surface area contributed by atoms with Gasteiger partial charge in [0, 0.05) is 24.8 Å². The number of benzene rings is 1. The molecule has 1 aromatic carbocycles. The molecule has 0 aliphatic carbocycles. The van der Waals surface area contributed by atoms with Crippen LogP contribution < -0.4 is 14.8 Å². The fraction of sp³-hybridized carbons (Fsp3) is 0.400. The van der Waals surface area contributed by atoms with E-state index in [-0.39, 0.29) is 0 Å². The minimum absolute atomic E-state index is 0.309. The second-order valence-corrected chi connectivity index (χ2v) is 5.18. The lowest BCUT2D eigenvalue weighted by Crippen LogP contribution is -2.24. The molecule has 0 amide bonds. The molecule has 0 atom stereocenters. The van der Waals surface area contributed by atoms with Crippen molar-refractivity contribution in [1.82, 2.24) is 15.1 Å². The average Bonchev–Trinajstić information content (AvgIpc) is 3.16. The Labute approximate surface area is 117 Å². The van der Waals surface area contributed by atoms with Crippen molar-refractivity contribution < 1.29 is 9.47 Å². The van der Waals surface area contributed by atoms with Gasteiger partial charge < -0.3 is 9.47 Å². The standard InChI is InChI=1S/C15H16N3O2/c1-2-14-15(20-10-19-14)7-11(1)12-8-17-18(9-12)13-3-5-16-6-4-13/h1-2,7-9,13H,3-6,10H2. The zero-order valence-corrected chi connectivity index (χ0v) is 11.2. The fourth-order valence-electron chi connectivity index (χ4n) is 2.76. The van der Waals surface area contributed by atoms with E-state index >= 15 is 0 Å². The summed E-state index contributed by atoms with van der Waals surface area (Å²) in [5.74, 6) is 1.63. The van der Waals surface area contributed by atoms with Gasteiger partial charge in [0.05, 0.1) is 12.2 Å². The molecule has 103 valence electrons. The van der Waals surface area contributed by atoms with Crippen LogP contribution in [0.15, 0.2) is 30.6 Å². The highest BCUT2D eigenvalue weighted by molar-refractivity contribution is 5.66. The first kappa shape index (κ1) is 11.8. The third kappa shape index (κ3) is 2.04. The number of fused-ring (bicyclic) bond motifs is 1. The number of ether oxygens (including phenoxy) is 2. The van der Waals surface area contributed by atoms with Crippen LogP contribution in [0.5, 0.6) is 11.5 Å². The zero-order chi connectivity index (χ0) is 13.4. The Morgan fingerprint density at radius 3 is 2.80 bits per heavy atom. The predicted octanol–water partition coefficient (Wildman–Crippen LogP) is 2.22. The number of hydrogen-bond donors (Lipinski definition) is 0. The number of nitrogens with zero attached hydrogens (tertiary/aromatic N) is 3. The second-order valence-electron chi connectivity index (χ2n) is 5.18. The molecule has 20 heavy (non-hydrogen) atoms. The Morgan fingerprint density at radius 2 is 1.90 bits per heavy atom. The van der Waals surface area contributed by atoms with Crippen molar-refractivity contribution in [1.29, 1.82) is 0 Å². The Bertz CT molecular complexity index is 617. The van der Waals surface area contributed by atoms with Crippen LogP contribution >= 0.6 is 0 Å². The lowest BCUT2D eigenvalue weighted by Gasteiger charge is -2.21. The van der Waals surface area contributed by atoms with Gasteiger partial charge in [-0.15, -0.1) is 0 Å². The van der Waals surface area contributed by atoms with Gasteiger partial charge in [-0.1, -0.05) is 6.07 Å². The van der Waals surface area contributed by atoms with E-state index in [1.807, 2.05) is 24.4 Å². The van der Waals surface area contributed by atoms with Crippen molar-refractivity contribution in [2.45, 2.75) is 18.9 Å². The van der Waals surface area contributed by atoms with E-state index in [0.29, 0.717) is 12.8 Å². The van der Waals surface area contributed by atoms with Crippen LogP contribution in [0.2, 0.25) is 0 Å². The summed E-state index contributed by atoms with van der Waals surface area (Å²) >= 11 is 0. The number of hydrogen-bond acceptors (Lipinski definition) is 3. The topological polar surface area (TPSA) is 50.4 Å². The monoisotopic (exact) mass is 270 g/mol. The SMILES string of the molecule is c1cc2c(cc1-c1cnn(C3CC[N]CC3)c1)OCO2. The quantitative estimate of drug-likeness (QED) is 0.840. The molecule has 1 aromatic heterocycles. The highest BCUT2D eigenvalue weighted by Crippen LogP contribution is 2.36. The summed E-state index contributed by atoms with van der Waals surface area (Å²) in [6, 6.07) is 6.50. The molecule has 0 unspecified atom stereocenters. The maximum absolute atomic E-state index is 5.42. The van der Waals surface area contributed by atoms with Crippen molar-refractivity contribution in [2.75, 3.05) is 19.9 Å². The first-order valence-corrected chi connectivity index (χ1v) is 6.97. The van der Waals surface area contributed by atoms with Crippen molar-refractivity contribution in [3.8, 4) is 22.6 Å². The molecule has 1 radical (unpaired) electrons. The van der Waals surface area contributed by atoms with Crippen LogP contribution in [0.4, 0.5) is 0 Å². The normalized spacial score (nSPS) is 18.4. The summed E-state index contributed by atoms with van der Waals surface area (Å²) in [5, 5.41) is 8.90. The van der Waals surface area contributed by atoms with Crippen LogP contribution in [0.3, 0.4) is 0 Å². The van der Waals surface area contributed by atoms with Gasteiger partial charge in [0.2, 0.25) is 6.79 Å². The predicted molar refractivity (Wildman–Crippen MR) is 73.9 cm³/mol. The van der Waals surface area contributed by atoms with E-state index < -0.39 is 0 Å². The van der Waals surface area contributed by atoms with E-state index in [1.165, 1.54) is 0 Å². The van der Waals surface area contributed by atoms with Crippen LogP contribution in [0.25, 0.3) is 11.1 Å². The molecule has 1 fully saturated rings. The van der Waals surface area contributed by atoms with Gasteiger partial charge in [-0.3, -0.25) is 4.68 Å². The molecule has 0 N–H and O–H groups in total. The summed E-state index contributed by atoms with van der Waals surface area (Å²) in [4.78, 5) is 0. The molecule has 0 bridgehead atoms. The van der Waals surface area contributed by atoms with Crippen LogP contribution in [-0.4, -0.2) is 29.7 Å². The van der Waals surface area contributed by atoms with Gasteiger partial charge in [-0.05, 0) is 30.5 Å². The van der Waals surface area contributed by atoms with E-state index in [4.69, 9.17) is 9.47 Å². The maximum atomic E-state index is 5.42. The summed E-state index contributed by atoms with van der Waals surface area (Å²) in [5.41, 5.74) is 2.23. The first-order valence-electron chi connectivity index (χ1n) is 6.97. The molecule has 1 saturated heterocycles. The molecule has 3 heterocycles. The summed E-state index contributed by atoms with van der Waals surface area (Å²) in [6.07, 6.45) is 6.21. The molecular formula is C15H16N3O2. The molecule has 5 nitrogen and oxygen atoms in total. The van der Waals surface area contributed by atoms with Gasteiger partial charge in [0.15, 0.2) is 11.5 Å². The Morgan fingerprint density at radius 1 is 1.05 bits per heavy atom. The molecule has 2 aliphatic heterocycles. The molecule has 5 heteroatoms. The van der Waals surface area contributed by atoms with E-state index in [0.717, 1.165) is 48.6 Å². The number of rotatable bonds is 2. The second kappa shape index (κ2) is 4.83. The van der Waals surface area contributed by atoms with E-state index in [2.05, 4.69) is 21.3 Å². The third-order valence-corrected chi connectivity index (χ3v) is 3.92. The zero-order valence-electron chi connectivity index (χ0n) is 11.2. The van der Waals surface area contributed by atoms with Gasteiger partial charge in [0.1, 0.15) is 0 Å². The molecule has 0 spiro atoms. The first-order chi connectivity index (χ1) is 9.90. The number of piperidine rings is 1. The number of aromatic nitrogens is 2. The van der Waals surface area contributed by atoms with Crippen molar-refractivity contribution in [3.05, 3.63) is 30.6 Å². The van der Waals surface area contributed by atoms with Crippen LogP contribution in [0, 0.1) is 0 Å². The van der Waals surface area contributed by atoms with Gasteiger partial charge in [0.25, 0.3) is 0 Å². The Balaban J connectivity index is 1.61. The van der Waals surface area contributed by atoms with Crippen LogP contribution in [-0.2, 0) is 0 Å². The lowest BCUT2D eigenvalue weighted by molar-refractivity contribution is 0.174. The van der Waals surface area contributed by atoms with Gasteiger partial charge >= 0.3 is 0 Å². The van der Waals surface area contributed by atoms with Gasteiger partial charge in [-0.25, -0.2) is 5.32 Å². The van der Waals surface area contributed by atoms with Crippen LogP contribution in [0.1, 0.15) is 18.9 Å². The van der Waals surface area contributed by atoms with Crippen molar-refractivity contribution in [2.24, 2.45) is 0 Å². The molecule has 0 saturated carbocycles. The van der Waals surface area contributed by atoms with Gasteiger partial charge in [-0.2, -0.15) is 5.10 Å². The van der Waals surface area contributed by atoms with Crippen molar-refractivity contribution >= 4 is 0 Å². The van der Waals surface area contributed by atoms with E-state index in [9.17, 15) is 0 Å². The highest BCUT2D eigenvalue weighted by Gasteiger charge is 2.18. The Hall–Kier alpha value is -2.01. The lowest BCUT2D eigenvalue weighted by atomic mass is 10.1. The third-order valence-electron chi connectivity index (χ3n) is 3.92. The highest BCUT2D eigenvalue weighted by atomic mass is 16.7. The molecular weight excluding hydrogens is 254 g/mol. The Kier molecular flexibility index (Phi) is 2.85. The summed E-state index contributed by atoms with van der Waals surface area (Å²) in [6.45, 7) is 2.21. The average molecular weight is 270 g/mol. The minimum Gasteiger partial charge on any atom is -0.454 e. The summed E-state index contributed by atoms with van der Waals surface area (Å²) < 4.78 is 12.8. The fourth-order valence-corrected chi connectivity index (χ4v) is 2.76. The molecule has 2 aromatic rings.